The Bertz CT molecular complexity index is 449. The minimum Gasteiger partial charge on any atom is -0.349 e. The van der Waals surface area contributed by atoms with Crippen molar-refractivity contribution in [1.82, 2.24) is 5.32 Å². The Morgan fingerprint density at radius 3 is 2.83 bits per heavy atom. The van der Waals surface area contributed by atoms with Crippen LogP contribution in [0.3, 0.4) is 0 Å². The maximum Gasteiger partial charge on any atom is 0.252 e. The van der Waals surface area contributed by atoms with Crippen LogP contribution in [-0.4, -0.2) is 11.9 Å². The summed E-state index contributed by atoms with van der Waals surface area (Å²) in [5.74, 6) is 0.645. The highest BCUT2D eigenvalue weighted by atomic mass is 127. The van der Waals surface area contributed by atoms with Gasteiger partial charge in [0.05, 0.1) is 5.56 Å². The molecule has 4 heteroatoms. The van der Waals surface area contributed by atoms with Gasteiger partial charge in [-0.15, -0.1) is 0 Å². The van der Waals surface area contributed by atoms with Crippen LogP contribution in [0, 0.1) is 9.49 Å². The molecule has 2 unspecified atom stereocenters. The first kappa shape index (κ1) is 14.3. The summed E-state index contributed by atoms with van der Waals surface area (Å²) >= 11 is 5.63. The average Bonchev–Trinajstić information content (AvgIpc) is 2.35. The topological polar surface area (TPSA) is 29.1 Å². The number of nitrogens with one attached hydrogen (secondary N) is 1. The molecule has 1 aliphatic rings. The minimum absolute atomic E-state index is 0.0550. The van der Waals surface area contributed by atoms with Gasteiger partial charge in [0.2, 0.25) is 0 Å². The van der Waals surface area contributed by atoms with E-state index >= 15 is 0 Å². The van der Waals surface area contributed by atoms with E-state index in [1.165, 1.54) is 19.3 Å². The smallest absolute Gasteiger partial charge is 0.252 e. The highest BCUT2D eigenvalue weighted by Gasteiger charge is 2.23. The first-order valence-electron chi connectivity index (χ1n) is 6.34. The molecule has 2 rings (SSSR count). The largest absolute Gasteiger partial charge is 0.349 e. The maximum atomic E-state index is 12.3. The first-order chi connectivity index (χ1) is 8.58. The SMILES string of the molecule is CC1CCCCC1NC(=O)c1cc(Br)ccc1I. The molecule has 1 aliphatic carbocycles. The number of hydrogen-bond donors (Lipinski definition) is 1. The van der Waals surface area contributed by atoms with Crippen molar-refractivity contribution >= 4 is 44.4 Å². The molecule has 0 aromatic heterocycles. The molecular weight excluding hydrogens is 405 g/mol. The normalized spacial score (nSPS) is 23.7. The van der Waals surface area contributed by atoms with Crippen LogP contribution in [0.4, 0.5) is 0 Å². The highest BCUT2D eigenvalue weighted by molar-refractivity contribution is 14.1. The summed E-state index contributed by atoms with van der Waals surface area (Å²) in [4.78, 5) is 12.3. The van der Waals surface area contributed by atoms with E-state index in [2.05, 4.69) is 50.8 Å². The zero-order valence-corrected chi connectivity index (χ0v) is 14.1. The van der Waals surface area contributed by atoms with Gasteiger partial charge in [0, 0.05) is 14.1 Å². The van der Waals surface area contributed by atoms with Crippen molar-refractivity contribution < 1.29 is 4.79 Å². The van der Waals surface area contributed by atoms with Gasteiger partial charge in [-0.2, -0.15) is 0 Å². The molecule has 1 amide bonds. The molecule has 1 aromatic rings. The minimum atomic E-state index is 0.0550. The summed E-state index contributed by atoms with van der Waals surface area (Å²) in [5.41, 5.74) is 0.766. The molecule has 0 bridgehead atoms. The Hall–Kier alpha value is -0.100. The van der Waals surface area contributed by atoms with Gasteiger partial charge in [-0.1, -0.05) is 35.7 Å². The molecule has 2 nitrogen and oxygen atoms in total. The molecule has 1 aromatic carbocycles. The van der Waals surface area contributed by atoms with Crippen LogP contribution < -0.4 is 5.32 Å². The number of amides is 1. The average molecular weight is 422 g/mol. The Balaban J connectivity index is 2.09. The van der Waals surface area contributed by atoms with E-state index in [9.17, 15) is 4.79 Å². The molecule has 0 saturated heterocycles. The summed E-state index contributed by atoms with van der Waals surface area (Å²) in [6.45, 7) is 2.23. The van der Waals surface area contributed by atoms with Gasteiger partial charge >= 0.3 is 0 Å². The van der Waals surface area contributed by atoms with Gasteiger partial charge in [0.25, 0.3) is 5.91 Å². The van der Waals surface area contributed by atoms with Gasteiger partial charge < -0.3 is 5.32 Å². The Kier molecular flexibility index (Phi) is 5.06. The van der Waals surface area contributed by atoms with Gasteiger partial charge in [-0.05, 0) is 59.5 Å². The van der Waals surface area contributed by atoms with E-state index in [4.69, 9.17) is 0 Å². The fourth-order valence-electron chi connectivity index (χ4n) is 2.45. The predicted octanol–water partition coefficient (Wildman–Crippen LogP) is 4.36. The molecule has 0 radical (unpaired) electrons. The first-order valence-corrected chi connectivity index (χ1v) is 8.21. The second kappa shape index (κ2) is 6.37. The number of halogens is 2. The Morgan fingerprint density at radius 1 is 1.39 bits per heavy atom. The highest BCUT2D eigenvalue weighted by Crippen LogP contribution is 2.25. The van der Waals surface area contributed by atoms with Crippen LogP contribution in [-0.2, 0) is 0 Å². The Labute approximate surface area is 130 Å². The number of hydrogen-bond acceptors (Lipinski definition) is 1. The number of rotatable bonds is 2. The fraction of sp³-hybridized carbons (Fsp3) is 0.500. The van der Waals surface area contributed by atoms with Crippen molar-refractivity contribution in [2.24, 2.45) is 5.92 Å². The van der Waals surface area contributed by atoms with Gasteiger partial charge in [0.1, 0.15) is 0 Å². The standard InChI is InChI=1S/C14H17BrINO/c1-9-4-2-3-5-13(9)17-14(18)11-8-10(15)6-7-12(11)16/h6-9,13H,2-5H2,1H3,(H,17,18). The van der Waals surface area contributed by atoms with Gasteiger partial charge in [0.15, 0.2) is 0 Å². The predicted molar refractivity (Wildman–Crippen MR) is 85.7 cm³/mol. The van der Waals surface area contributed by atoms with E-state index in [1.54, 1.807) is 0 Å². The van der Waals surface area contributed by atoms with Crippen LogP contribution >= 0.6 is 38.5 Å². The molecule has 1 saturated carbocycles. The lowest BCUT2D eigenvalue weighted by molar-refractivity contribution is 0.0909. The van der Waals surface area contributed by atoms with Crippen LogP contribution in [0.25, 0.3) is 0 Å². The lowest BCUT2D eigenvalue weighted by Gasteiger charge is -2.29. The summed E-state index contributed by atoms with van der Waals surface area (Å²) < 4.78 is 1.95. The third-order valence-electron chi connectivity index (χ3n) is 3.60. The maximum absolute atomic E-state index is 12.3. The molecule has 0 spiro atoms. The van der Waals surface area contributed by atoms with E-state index in [1.807, 2.05) is 18.2 Å². The van der Waals surface area contributed by atoms with Crippen LogP contribution in [0.2, 0.25) is 0 Å². The third-order valence-corrected chi connectivity index (χ3v) is 5.03. The van der Waals surface area contributed by atoms with Crippen LogP contribution in [0.15, 0.2) is 22.7 Å². The van der Waals surface area contributed by atoms with Crippen molar-refractivity contribution in [3.63, 3.8) is 0 Å². The van der Waals surface area contributed by atoms with Crippen molar-refractivity contribution in [2.75, 3.05) is 0 Å². The van der Waals surface area contributed by atoms with Crippen LogP contribution in [0.1, 0.15) is 43.0 Å². The molecule has 1 fully saturated rings. The van der Waals surface area contributed by atoms with E-state index < -0.39 is 0 Å². The third kappa shape index (κ3) is 3.47. The molecule has 18 heavy (non-hydrogen) atoms. The lowest BCUT2D eigenvalue weighted by atomic mass is 9.86. The van der Waals surface area contributed by atoms with E-state index in [-0.39, 0.29) is 5.91 Å². The molecule has 0 aliphatic heterocycles. The molecule has 2 atom stereocenters. The lowest BCUT2D eigenvalue weighted by Crippen LogP contribution is -2.41. The van der Waals surface area contributed by atoms with Gasteiger partial charge in [-0.25, -0.2) is 0 Å². The van der Waals surface area contributed by atoms with Crippen LogP contribution in [0.5, 0.6) is 0 Å². The summed E-state index contributed by atoms with van der Waals surface area (Å²) in [5, 5.41) is 3.19. The summed E-state index contributed by atoms with van der Waals surface area (Å²) in [6.07, 6.45) is 4.85. The zero-order chi connectivity index (χ0) is 13.1. The van der Waals surface area contributed by atoms with Gasteiger partial charge in [-0.3, -0.25) is 4.79 Å². The summed E-state index contributed by atoms with van der Waals surface area (Å²) in [6, 6.07) is 6.15. The van der Waals surface area contributed by atoms with Crippen molar-refractivity contribution in [1.29, 1.82) is 0 Å². The number of carbonyl (C=O) groups excluding carboxylic acids is 1. The summed E-state index contributed by atoms with van der Waals surface area (Å²) in [7, 11) is 0. The number of carbonyl (C=O) groups is 1. The molecular formula is C14H17BrINO. The van der Waals surface area contributed by atoms with E-state index in [0.29, 0.717) is 12.0 Å². The zero-order valence-electron chi connectivity index (χ0n) is 10.4. The monoisotopic (exact) mass is 421 g/mol. The molecule has 1 N–H and O–H groups in total. The number of benzene rings is 1. The quantitative estimate of drug-likeness (QED) is 0.706. The van der Waals surface area contributed by atoms with Crippen molar-refractivity contribution in [3.8, 4) is 0 Å². The second-order valence-electron chi connectivity index (χ2n) is 4.97. The molecule has 0 heterocycles. The van der Waals surface area contributed by atoms with Crippen molar-refractivity contribution in [3.05, 3.63) is 31.8 Å². The Morgan fingerprint density at radius 2 is 2.11 bits per heavy atom. The van der Waals surface area contributed by atoms with Crippen molar-refractivity contribution in [2.45, 2.75) is 38.6 Å². The van der Waals surface area contributed by atoms with E-state index in [0.717, 1.165) is 20.0 Å². The fourth-order valence-corrected chi connectivity index (χ4v) is 3.39. The molecule has 98 valence electrons. The second-order valence-corrected chi connectivity index (χ2v) is 7.04.